The Morgan fingerprint density at radius 1 is 1.22 bits per heavy atom. The van der Waals surface area contributed by atoms with E-state index in [1.54, 1.807) is 0 Å². The van der Waals surface area contributed by atoms with Gasteiger partial charge in [-0.3, -0.25) is 0 Å². The Morgan fingerprint density at radius 3 is 2.72 bits per heavy atom. The van der Waals surface area contributed by atoms with Gasteiger partial charge in [-0.05, 0) is 30.4 Å². The van der Waals surface area contributed by atoms with Crippen LogP contribution >= 0.6 is 11.8 Å². The monoisotopic (exact) mass is 263 g/mol. The summed E-state index contributed by atoms with van der Waals surface area (Å²) in [5, 5.41) is 3.76. The maximum Gasteiger partial charge on any atom is 0.0119 e. The zero-order chi connectivity index (χ0) is 12.8. The second kappa shape index (κ2) is 6.63. The molecule has 100 valence electrons. The predicted octanol–water partition coefficient (Wildman–Crippen LogP) is 4.34. The fourth-order valence-corrected chi connectivity index (χ4v) is 3.60. The normalized spacial score (nSPS) is 22.9. The topological polar surface area (TPSA) is 12.0 Å². The molecule has 1 aromatic rings. The highest BCUT2D eigenvalue weighted by Gasteiger charge is 2.31. The minimum absolute atomic E-state index is 0.482. The number of thioether (sulfide) groups is 1. The molecule has 0 aliphatic heterocycles. The summed E-state index contributed by atoms with van der Waals surface area (Å²) in [5.41, 5.74) is 0.482. The van der Waals surface area contributed by atoms with Crippen LogP contribution in [0.3, 0.4) is 0 Å². The quantitative estimate of drug-likeness (QED) is 0.626. The molecule has 0 heterocycles. The molecule has 0 bridgehead atoms. The summed E-state index contributed by atoms with van der Waals surface area (Å²) in [4.78, 5) is 1.38. The van der Waals surface area contributed by atoms with Crippen LogP contribution in [0.25, 0.3) is 0 Å². The van der Waals surface area contributed by atoms with E-state index in [0.717, 1.165) is 12.3 Å². The summed E-state index contributed by atoms with van der Waals surface area (Å²) in [6.07, 6.45) is 5.52. The van der Waals surface area contributed by atoms with Crippen LogP contribution in [0.1, 0.15) is 39.5 Å². The molecule has 0 saturated heterocycles. The highest BCUT2D eigenvalue weighted by atomic mass is 32.2. The van der Waals surface area contributed by atoms with E-state index in [1.165, 1.54) is 30.6 Å². The lowest BCUT2D eigenvalue weighted by Gasteiger charge is -2.39. The van der Waals surface area contributed by atoms with E-state index in [-0.39, 0.29) is 0 Å². The van der Waals surface area contributed by atoms with Gasteiger partial charge in [0.1, 0.15) is 0 Å². The molecule has 1 atom stereocenters. The van der Waals surface area contributed by atoms with Gasteiger partial charge in [-0.2, -0.15) is 0 Å². The molecule has 0 spiro atoms. The first kappa shape index (κ1) is 14.0. The molecule has 1 saturated carbocycles. The molecule has 1 fully saturated rings. The van der Waals surface area contributed by atoms with E-state index in [1.807, 2.05) is 11.8 Å². The first-order valence-electron chi connectivity index (χ1n) is 7.10. The van der Waals surface area contributed by atoms with Gasteiger partial charge in [0.2, 0.25) is 0 Å². The van der Waals surface area contributed by atoms with Crippen molar-refractivity contribution in [2.24, 2.45) is 5.41 Å². The van der Waals surface area contributed by atoms with E-state index in [9.17, 15) is 0 Å². The molecule has 0 radical (unpaired) electrons. The highest BCUT2D eigenvalue weighted by Crippen LogP contribution is 2.35. The van der Waals surface area contributed by atoms with Crippen molar-refractivity contribution in [3.05, 3.63) is 30.3 Å². The van der Waals surface area contributed by atoms with Gasteiger partial charge in [-0.15, -0.1) is 11.8 Å². The van der Waals surface area contributed by atoms with Gasteiger partial charge in [0.15, 0.2) is 0 Å². The molecule has 1 aliphatic carbocycles. The van der Waals surface area contributed by atoms with Crippen LogP contribution in [-0.2, 0) is 0 Å². The van der Waals surface area contributed by atoms with Crippen LogP contribution in [0.15, 0.2) is 35.2 Å². The van der Waals surface area contributed by atoms with Crippen molar-refractivity contribution in [1.82, 2.24) is 5.32 Å². The number of hydrogen-bond acceptors (Lipinski definition) is 2. The van der Waals surface area contributed by atoms with Crippen molar-refractivity contribution >= 4 is 11.8 Å². The molecule has 18 heavy (non-hydrogen) atoms. The van der Waals surface area contributed by atoms with Gasteiger partial charge in [0, 0.05) is 23.2 Å². The van der Waals surface area contributed by atoms with Crippen LogP contribution in [-0.4, -0.2) is 18.3 Å². The van der Waals surface area contributed by atoms with Gasteiger partial charge in [0.25, 0.3) is 0 Å². The van der Waals surface area contributed by atoms with Gasteiger partial charge in [0.05, 0.1) is 0 Å². The molecule has 1 aliphatic rings. The minimum Gasteiger partial charge on any atom is -0.313 e. The van der Waals surface area contributed by atoms with E-state index < -0.39 is 0 Å². The Bertz CT molecular complexity index is 347. The van der Waals surface area contributed by atoms with E-state index in [0.29, 0.717) is 11.5 Å². The SMILES string of the molecule is CC1(C)CCCCC1NCCSc1ccccc1. The molecule has 1 unspecified atom stereocenters. The molecular formula is C16H25NS. The van der Waals surface area contributed by atoms with Crippen molar-refractivity contribution in [3.63, 3.8) is 0 Å². The van der Waals surface area contributed by atoms with E-state index >= 15 is 0 Å². The third kappa shape index (κ3) is 4.03. The van der Waals surface area contributed by atoms with Crippen molar-refractivity contribution in [1.29, 1.82) is 0 Å². The highest BCUT2D eigenvalue weighted by molar-refractivity contribution is 7.99. The standard InChI is InChI=1S/C16H25NS/c1-16(2)11-7-6-10-15(16)17-12-13-18-14-8-4-3-5-9-14/h3-5,8-9,15,17H,6-7,10-13H2,1-2H3. The van der Waals surface area contributed by atoms with Gasteiger partial charge >= 0.3 is 0 Å². The molecular weight excluding hydrogens is 238 g/mol. The number of benzene rings is 1. The largest absolute Gasteiger partial charge is 0.313 e. The first-order chi connectivity index (χ1) is 8.68. The summed E-state index contributed by atoms with van der Waals surface area (Å²) >= 11 is 1.95. The molecule has 1 N–H and O–H groups in total. The number of nitrogens with one attached hydrogen (secondary N) is 1. The Hall–Kier alpha value is -0.470. The average Bonchev–Trinajstić information content (AvgIpc) is 2.37. The summed E-state index contributed by atoms with van der Waals surface area (Å²) in [5.74, 6) is 1.16. The van der Waals surface area contributed by atoms with Crippen LogP contribution in [0, 0.1) is 5.41 Å². The number of hydrogen-bond donors (Lipinski definition) is 1. The van der Waals surface area contributed by atoms with Crippen molar-refractivity contribution < 1.29 is 0 Å². The lowest BCUT2D eigenvalue weighted by atomic mass is 9.73. The summed E-state index contributed by atoms with van der Waals surface area (Å²) < 4.78 is 0. The van der Waals surface area contributed by atoms with Gasteiger partial charge in [-0.1, -0.05) is 44.9 Å². The third-order valence-corrected chi connectivity index (χ3v) is 5.03. The second-order valence-electron chi connectivity index (χ2n) is 5.90. The molecule has 1 nitrogen and oxygen atoms in total. The molecule has 0 aromatic heterocycles. The van der Waals surface area contributed by atoms with E-state index in [4.69, 9.17) is 0 Å². The number of rotatable bonds is 5. The Balaban J connectivity index is 1.69. The maximum atomic E-state index is 3.76. The zero-order valence-corrected chi connectivity index (χ0v) is 12.4. The van der Waals surface area contributed by atoms with Gasteiger partial charge < -0.3 is 5.32 Å². The molecule has 1 aromatic carbocycles. The van der Waals surface area contributed by atoms with Crippen molar-refractivity contribution in [2.75, 3.05) is 12.3 Å². The van der Waals surface area contributed by atoms with E-state index in [2.05, 4.69) is 49.5 Å². The first-order valence-corrected chi connectivity index (χ1v) is 8.08. The van der Waals surface area contributed by atoms with Crippen molar-refractivity contribution in [2.45, 2.75) is 50.5 Å². The smallest absolute Gasteiger partial charge is 0.0119 e. The van der Waals surface area contributed by atoms with Crippen LogP contribution in [0.5, 0.6) is 0 Å². The van der Waals surface area contributed by atoms with Crippen LogP contribution in [0.4, 0.5) is 0 Å². The fraction of sp³-hybridized carbons (Fsp3) is 0.625. The summed E-state index contributed by atoms with van der Waals surface area (Å²) in [7, 11) is 0. The lowest BCUT2D eigenvalue weighted by Crippen LogP contribution is -2.44. The second-order valence-corrected chi connectivity index (χ2v) is 7.07. The van der Waals surface area contributed by atoms with Gasteiger partial charge in [-0.25, -0.2) is 0 Å². The van der Waals surface area contributed by atoms with Crippen molar-refractivity contribution in [3.8, 4) is 0 Å². The lowest BCUT2D eigenvalue weighted by molar-refractivity contribution is 0.170. The van der Waals surface area contributed by atoms with Crippen LogP contribution < -0.4 is 5.32 Å². The molecule has 2 rings (SSSR count). The third-order valence-electron chi connectivity index (χ3n) is 4.01. The van der Waals surface area contributed by atoms with Crippen LogP contribution in [0.2, 0.25) is 0 Å². The molecule has 0 amide bonds. The Labute approximate surface area is 116 Å². The average molecular weight is 263 g/mol. The Kier molecular flexibility index (Phi) is 5.13. The predicted molar refractivity (Wildman–Crippen MR) is 81.2 cm³/mol. The fourth-order valence-electron chi connectivity index (χ4n) is 2.79. The maximum absolute atomic E-state index is 3.76. The zero-order valence-electron chi connectivity index (χ0n) is 11.6. The summed E-state index contributed by atoms with van der Waals surface area (Å²) in [6.45, 7) is 5.94. The minimum atomic E-state index is 0.482. The molecule has 2 heteroatoms. The Morgan fingerprint density at radius 2 is 2.00 bits per heavy atom. The summed E-state index contributed by atoms with van der Waals surface area (Å²) in [6, 6.07) is 11.4.